The van der Waals surface area contributed by atoms with Crippen LogP contribution in [0.5, 0.6) is 0 Å². The van der Waals surface area contributed by atoms with Crippen LogP contribution in [0.4, 0.5) is 4.39 Å². The molecule has 2 atom stereocenters. The summed E-state index contributed by atoms with van der Waals surface area (Å²) in [5.41, 5.74) is 0.250. The first-order valence-electron chi connectivity index (χ1n) is 7.74. The van der Waals surface area contributed by atoms with Gasteiger partial charge in [0.1, 0.15) is 11.4 Å². The van der Waals surface area contributed by atoms with Crippen molar-refractivity contribution in [1.29, 1.82) is 0 Å². The molecule has 1 amide bonds. The van der Waals surface area contributed by atoms with Gasteiger partial charge in [-0.15, -0.1) is 0 Å². The number of likely N-dealkylation sites (tertiary alicyclic amines) is 1. The number of fused-ring (bicyclic) bond motifs is 2. The van der Waals surface area contributed by atoms with E-state index in [9.17, 15) is 14.0 Å². The summed E-state index contributed by atoms with van der Waals surface area (Å²) in [4.78, 5) is 29.3. The van der Waals surface area contributed by atoms with Crippen molar-refractivity contribution in [3.05, 3.63) is 46.0 Å². The number of halogens is 1. The van der Waals surface area contributed by atoms with Gasteiger partial charge in [0, 0.05) is 24.0 Å². The molecule has 22 heavy (non-hydrogen) atoms. The van der Waals surface area contributed by atoms with Crippen molar-refractivity contribution in [2.45, 2.75) is 19.3 Å². The fourth-order valence-electron chi connectivity index (χ4n) is 3.91. The fourth-order valence-corrected chi connectivity index (χ4v) is 3.91. The Morgan fingerprint density at radius 3 is 2.64 bits per heavy atom. The number of rotatable bonds is 1. The minimum absolute atomic E-state index is 0.109. The van der Waals surface area contributed by atoms with Crippen LogP contribution >= 0.6 is 0 Å². The molecule has 2 heterocycles. The average Bonchev–Trinajstić information content (AvgIpc) is 3.07. The Kier molecular flexibility index (Phi) is 3.03. The summed E-state index contributed by atoms with van der Waals surface area (Å²) in [5, 5.41) is 0.544. The molecule has 0 spiro atoms. The van der Waals surface area contributed by atoms with Crippen LogP contribution in [0.1, 0.15) is 29.6 Å². The SMILES string of the molecule is O=C(c1cc2cc(F)ccc2[nH]c1=O)N1C[C@H]2CCC[C@H]2C1. The van der Waals surface area contributed by atoms with E-state index in [0.29, 0.717) is 22.7 Å². The van der Waals surface area contributed by atoms with Crippen molar-refractivity contribution in [3.8, 4) is 0 Å². The smallest absolute Gasteiger partial charge is 0.261 e. The summed E-state index contributed by atoms with van der Waals surface area (Å²) in [6.07, 6.45) is 3.59. The van der Waals surface area contributed by atoms with Gasteiger partial charge in [-0.3, -0.25) is 9.59 Å². The number of aromatic nitrogens is 1. The van der Waals surface area contributed by atoms with E-state index in [1.165, 1.54) is 43.5 Å². The summed E-state index contributed by atoms with van der Waals surface area (Å²) < 4.78 is 13.3. The molecule has 0 unspecified atom stereocenters. The highest BCUT2D eigenvalue weighted by atomic mass is 19.1. The van der Waals surface area contributed by atoms with Gasteiger partial charge in [0.25, 0.3) is 11.5 Å². The molecule has 1 aromatic carbocycles. The minimum Gasteiger partial charge on any atom is -0.338 e. The van der Waals surface area contributed by atoms with Gasteiger partial charge in [-0.05, 0) is 48.9 Å². The maximum Gasteiger partial charge on any atom is 0.261 e. The third-order valence-electron chi connectivity index (χ3n) is 5.05. The quantitative estimate of drug-likeness (QED) is 0.880. The average molecular weight is 300 g/mol. The molecule has 5 heteroatoms. The normalized spacial score (nSPS) is 24.0. The van der Waals surface area contributed by atoms with E-state index < -0.39 is 5.56 Å². The third-order valence-corrected chi connectivity index (χ3v) is 5.05. The molecular weight excluding hydrogens is 283 g/mol. The topological polar surface area (TPSA) is 53.2 Å². The largest absolute Gasteiger partial charge is 0.338 e. The zero-order chi connectivity index (χ0) is 15.3. The molecule has 1 aliphatic heterocycles. The number of carbonyl (C=O) groups excluding carboxylic acids is 1. The van der Waals surface area contributed by atoms with Gasteiger partial charge in [-0.2, -0.15) is 0 Å². The number of amides is 1. The molecule has 1 aliphatic carbocycles. The lowest BCUT2D eigenvalue weighted by Crippen LogP contribution is -2.33. The Morgan fingerprint density at radius 2 is 1.91 bits per heavy atom. The zero-order valence-electron chi connectivity index (χ0n) is 12.1. The molecule has 1 saturated heterocycles. The van der Waals surface area contributed by atoms with Crippen LogP contribution < -0.4 is 5.56 Å². The van der Waals surface area contributed by atoms with Crippen molar-refractivity contribution in [2.75, 3.05) is 13.1 Å². The van der Waals surface area contributed by atoms with E-state index in [4.69, 9.17) is 0 Å². The number of benzene rings is 1. The van der Waals surface area contributed by atoms with Crippen LogP contribution in [0.2, 0.25) is 0 Å². The molecule has 0 radical (unpaired) electrons. The number of H-pyrrole nitrogens is 1. The number of carbonyl (C=O) groups is 1. The van der Waals surface area contributed by atoms with Crippen LogP contribution in [0.15, 0.2) is 29.1 Å². The number of pyridine rings is 1. The monoisotopic (exact) mass is 300 g/mol. The molecule has 2 aromatic rings. The number of nitrogens with zero attached hydrogens (tertiary/aromatic N) is 1. The maximum atomic E-state index is 13.3. The van der Waals surface area contributed by atoms with Crippen molar-refractivity contribution >= 4 is 16.8 Å². The summed E-state index contributed by atoms with van der Waals surface area (Å²) in [7, 11) is 0. The van der Waals surface area contributed by atoms with Crippen LogP contribution in [0.3, 0.4) is 0 Å². The number of hydrogen-bond donors (Lipinski definition) is 1. The first kappa shape index (κ1) is 13.5. The number of hydrogen-bond acceptors (Lipinski definition) is 2. The second-order valence-corrected chi connectivity index (χ2v) is 6.40. The van der Waals surface area contributed by atoms with Crippen molar-refractivity contribution in [1.82, 2.24) is 9.88 Å². The van der Waals surface area contributed by atoms with E-state index in [-0.39, 0.29) is 17.3 Å². The molecule has 2 fully saturated rings. The van der Waals surface area contributed by atoms with E-state index in [2.05, 4.69) is 4.98 Å². The Labute approximate surface area is 126 Å². The van der Waals surface area contributed by atoms with Crippen LogP contribution in [-0.2, 0) is 0 Å². The standard InChI is InChI=1S/C17H17FN2O2/c18-13-4-5-15-12(6-13)7-14(16(21)19-15)17(22)20-8-10-2-1-3-11(10)9-20/h4-7,10-11H,1-3,8-9H2,(H,19,21)/t10-,11+. The Balaban J connectivity index is 1.69. The zero-order valence-corrected chi connectivity index (χ0v) is 12.1. The molecule has 114 valence electrons. The first-order chi connectivity index (χ1) is 10.6. The maximum absolute atomic E-state index is 13.3. The number of nitrogens with one attached hydrogen (secondary N) is 1. The molecule has 1 aromatic heterocycles. The lowest BCUT2D eigenvalue weighted by molar-refractivity contribution is 0.0779. The molecule has 4 rings (SSSR count). The second-order valence-electron chi connectivity index (χ2n) is 6.40. The summed E-state index contributed by atoms with van der Waals surface area (Å²) in [6.45, 7) is 1.48. The van der Waals surface area contributed by atoms with Gasteiger partial charge in [-0.25, -0.2) is 4.39 Å². The van der Waals surface area contributed by atoms with Crippen molar-refractivity contribution in [2.24, 2.45) is 11.8 Å². The van der Waals surface area contributed by atoms with E-state index in [1.54, 1.807) is 4.90 Å². The first-order valence-corrected chi connectivity index (χ1v) is 7.74. The fraction of sp³-hybridized carbons (Fsp3) is 0.412. The van der Waals surface area contributed by atoms with Gasteiger partial charge in [0.05, 0.1) is 0 Å². The summed E-state index contributed by atoms with van der Waals surface area (Å²) in [5.74, 6) is 0.553. The predicted octanol–water partition coefficient (Wildman–Crippen LogP) is 2.54. The predicted molar refractivity (Wildman–Crippen MR) is 81.3 cm³/mol. The van der Waals surface area contributed by atoms with Crippen LogP contribution in [0.25, 0.3) is 10.9 Å². The lowest BCUT2D eigenvalue weighted by Gasteiger charge is -2.17. The highest BCUT2D eigenvalue weighted by Crippen LogP contribution is 2.38. The molecule has 1 saturated carbocycles. The van der Waals surface area contributed by atoms with Gasteiger partial charge < -0.3 is 9.88 Å². The molecule has 0 bridgehead atoms. The van der Waals surface area contributed by atoms with Gasteiger partial charge in [0.2, 0.25) is 0 Å². The van der Waals surface area contributed by atoms with E-state index in [0.717, 1.165) is 13.1 Å². The van der Waals surface area contributed by atoms with Crippen molar-refractivity contribution in [3.63, 3.8) is 0 Å². The van der Waals surface area contributed by atoms with Gasteiger partial charge >= 0.3 is 0 Å². The number of aromatic amines is 1. The lowest BCUT2D eigenvalue weighted by atomic mass is 10.0. The van der Waals surface area contributed by atoms with Crippen LogP contribution in [0, 0.1) is 17.7 Å². The van der Waals surface area contributed by atoms with Gasteiger partial charge in [0.15, 0.2) is 0 Å². The minimum atomic E-state index is -0.402. The molecular formula is C17H17FN2O2. The molecule has 1 N–H and O–H groups in total. The van der Waals surface area contributed by atoms with Crippen LogP contribution in [-0.4, -0.2) is 28.9 Å². The highest BCUT2D eigenvalue weighted by molar-refractivity contribution is 5.97. The molecule has 2 aliphatic rings. The Morgan fingerprint density at radius 1 is 1.18 bits per heavy atom. The Hall–Kier alpha value is -2.17. The Bertz CT molecular complexity index is 802. The van der Waals surface area contributed by atoms with E-state index in [1.807, 2.05) is 0 Å². The second kappa shape index (κ2) is 4.93. The highest BCUT2D eigenvalue weighted by Gasteiger charge is 2.38. The third kappa shape index (κ3) is 2.12. The van der Waals surface area contributed by atoms with Crippen molar-refractivity contribution < 1.29 is 9.18 Å². The summed E-state index contributed by atoms with van der Waals surface area (Å²) >= 11 is 0. The summed E-state index contributed by atoms with van der Waals surface area (Å²) in [6, 6.07) is 5.65. The molecule has 4 nitrogen and oxygen atoms in total. The van der Waals surface area contributed by atoms with Gasteiger partial charge in [-0.1, -0.05) is 6.42 Å². The van der Waals surface area contributed by atoms with E-state index >= 15 is 0 Å².